The highest BCUT2D eigenvalue weighted by Gasteiger charge is 2.08. The van der Waals surface area contributed by atoms with Crippen LogP contribution in [0.5, 0.6) is 0 Å². The first kappa shape index (κ1) is 24.9. The number of carbonyl (C=O) groups is 1. The van der Waals surface area contributed by atoms with Crippen molar-refractivity contribution in [3.05, 3.63) is 64.6 Å². The molecule has 0 unspecified atom stereocenters. The van der Waals surface area contributed by atoms with Gasteiger partial charge in [-0.05, 0) is 54.8 Å². The van der Waals surface area contributed by atoms with Gasteiger partial charge in [0.25, 0.3) is 0 Å². The lowest BCUT2D eigenvalue weighted by molar-refractivity contribution is -0.116. The van der Waals surface area contributed by atoms with Crippen molar-refractivity contribution < 1.29 is 9.18 Å². The summed E-state index contributed by atoms with van der Waals surface area (Å²) in [7, 11) is 1.68. The number of hydrogen-bond acceptors (Lipinski definition) is 2. The molecule has 31 heavy (non-hydrogen) atoms. The number of guanidine groups is 1. The summed E-state index contributed by atoms with van der Waals surface area (Å²) in [6, 6.07) is 10.2. The minimum absolute atomic E-state index is 0. The van der Waals surface area contributed by atoms with E-state index in [9.17, 15) is 9.18 Å². The molecule has 0 fully saturated rings. The molecule has 4 N–H and O–H groups in total. The van der Waals surface area contributed by atoms with Crippen molar-refractivity contribution in [1.82, 2.24) is 15.6 Å². The number of rotatable bonds is 7. The molecule has 0 spiro atoms. The normalized spacial score (nSPS) is 11.2. The van der Waals surface area contributed by atoms with Crippen LogP contribution in [0.1, 0.15) is 17.5 Å². The molecule has 0 atom stereocenters. The van der Waals surface area contributed by atoms with Gasteiger partial charge in [-0.2, -0.15) is 0 Å². The maximum Gasteiger partial charge on any atom is 0.226 e. The van der Waals surface area contributed by atoms with Crippen LogP contribution in [-0.4, -0.2) is 37.0 Å². The molecule has 9 heteroatoms. The van der Waals surface area contributed by atoms with Crippen molar-refractivity contribution >= 4 is 64.0 Å². The number of benzene rings is 2. The first-order valence-electron chi connectivity index (χ1n) is 9.72. The van der Waals surface area contributed by atoms with E-state index in [1.165, 1.54) is 12.1 Å². The van der Waals surface area contributed by atoms with Gasteiger partial charge in [-0.1, -0.05) is 17.7 Å². The Balaban J connectivity index is 0.00000341. The summed E-state index contributed by atoms with van der Waals surface area (Å²) >= 11 is 6.14. The van der Waals surface area contributed by atoms with Crippen LogP contribution >= 0.6 is 35.6 Å². The van der Waals surface area contributed by atoms with Gasteiger partial charge in [0.15, 0.2) is 5.96 Å². The molecule has 6 nitrogen and oxygen atoms in total. The molecular formula is C22H26ClFIN5O. The number of hydrogen-bond donors (Lipinski definition) is 4. The van der Waals surface area contributed by atoms with E-state index in [0.717, 1.165) is 28.5 Å². The molecular weight excluding hydrogens is 532 g/mol. The van der Waals surface area contributed by atoms with Gasteiger partial charge in [-0.15, -0.1) is 24.0 Å². The highest BCUT2D eigenvalue weighted by atomic mass is 127. The van der Waals surface area contributed by atoms with Gasteiger partial charge >= 0.3 is 0 Å². The molecule has 1 amide bonds. The number of amides is 1. The molecule has 0 bridgehead atoms. The summed E-state index contributed by atoms with van der Waals surface area (Å²) in [5, 5.41) is 10.7. The second-order valence-electron chi connectivity index (χ2n) is 6.96. The van der Waals surface area contributed by atoms with E-state index in [1.54, 1.807) is 19.2 Å². The topological polar surface area (TPSA) is 81.3 Å². The van der Waals surface area contributed by atoms with Gasteiger partial charge in [0, 0.05) is 43.7 Å². The van der Waals surface area contributed by atoms with Crippen LogP contribution in [0.15, 0.2) is 47.6 Å². The van der Waals surface area contributed by atoms with Crippen LogP contribution in [0.25, 0.3) is 10.9 Å². The first-order valence-corrected chi connectivity index (χ1v) is 10.1. The lowest BCUT2D eigenvalue weighted by atomic mass is 10.1. The Morgan fingerprint density at radius 1 is 1.16 bits per heavy atom. The molecule has 1 aromatic heterocycles. The largest absolute Gasteiger partial charge is 0.361 e. The first-order chi connectivity index (χ1) is 14.5. The molecule has 1 heterocycles. The SMILES string of the molecule is CN=C(NCCC(=O)Nc1ccc(C)cc1Cl)NCCc1c[nH]c2cc(F)ccc12.I. The highest BCUT2D eigenvalue weighted by Crippen LogP contribution is 2.22. The Morgan fingerprint density at radius 2 is 1.94 bits per heavy atom. The van der Waals surface area contributed by atoms with E-state index in [-0.39, 0.29) is 42.1 Å². The number of anilines is 1. The van der Waals surface area contributed by atoms with Crippen LogP contribution < -0.4 is 16.0 Å². The number of aryl methyl sites for hydroxylation is 1. The van der Waals surface area contributed by atoms with Gasteiger partial charge in [-0.25, -0.2) is 4.39 Å². The summed E-state index contributed by atoms with van der Waals surface area (Å²) in [6.07, 6.45) is 2.92. The molecule has 0 aliphatic carbocycles. The Kier molecular flexibility index (Phi) is 9.57. The molecule has 0 saturated heterocycles. The minimum atomic E-state index is -0.257. The average molecular weight is 558 g/mol. The number of nitrogens with zero attached hydrogens (tertiary/aromatic N) is 1. The van der Waals surface area contributed by atoms with Crippen molar-refractivity contribution in [1.29, 1.82) is 0 Å². The van der Waals surface area contributed by atoms with Crippen molar-refractivity contribution in [2.45, 2.75) is 19.8 Å². The summed E-state index contributed by atoms with van der Waals surface area (Å²) in [5.74, 6) is 0.226. The van der Waals surface area contributed by atoms with Crippen molar-refractivity contribution in [3.8, 4) is 0 Å². The molecule has 0 saturated carbocycles. The van der Waals surface area contributed by atoms with E-state index >= 15 is 0 Å². The zero-order valence-electron chi connectivity index (χ0n) is 17.4. The standard InChI is InChI=1S/C22H25ClFN5O.HI/c1-14-3-6-19(18(23)11-14)29-21(30)8-10-27-22(25-2)26-9-7-15-13-28-20-12-16(24)4-5-17(15)20;/h3-6,11-13,28H,7-10H2,1-2H3,(H,29,30)(H2,25,26,27);1H. The second-order valence-corrected chi connectivity index (χ2v) is 7.37. The van der Waals surface area contributed by atoms with Crippen LogP contribution in [0.2, 0.25) is 5.02 Å². The lowest BCUT2D eigenvalue weighted by Gasteiger charge is -2.12. The van der Waals surface area contributed by atoms with E-state index < -0.39 is 0 Å². The Hall–Kier alpha value is -2.33. The number of fused-ring (bicyclic) bond motifs is 1. The Labute approximate surface area is 203 Å². The van der Waals surface area contributed by atoms with Crippen molar-refractivity contribution in [2.24, 2.45) is 4.99 Å². The zero-order valence-corrected chi connectivity index (χ0v) is 20.5. The third kappa shape index (κ3) is 7.10. The number of halogens is 3. The van der Waals surface area contributed by atoms with Crippen LogP contribution in [0.3, 0.4) is 0 Å². The van der Waals surface area contributed by atoms with Gasteiger partial charge in [0.1, 0.15) is 5.82 Å². The molecule has 3 rings (SSSR count). The smallest absolute Gasteiger partial charge is 0.226 e. The number of aromatic amines is 1. The second kappa shape index (κ2) is 11.9. The number of aromatic nitrogens is 1. The predicted molar refractivity (Wildman–Crippen MR) is 136 cm³/mol. The monoisotopic (exact) mass is 557 g/mol. The van der Waals surface area contributed by atoms with Crippen LogP contribution in [-0.2, 0) is 11.2 Å². The van der Waals surface area contributed by atoms with Crippen LogP contribution in [0, 0.1) is 12.7 Å². The highest BCUT2D eigenvalue weighted by molar-refractivity contribution is 14.0. The summed E-state index contributed by atoms with van der Waals surface area (Å²) in [5.41, 5.74) is 3.53. The Morgan fingerprint density at radius 3 is 2.68 bits per heavy atom. The molecule has 3 aromatic rings. The third-order valence-corrected chi connectivity index (χ3v) is 5.00. The minimum Gasteiger partial charge on any atom is -0.361 e. The van der Waals surface area contributed by atoms with Crippen molar-refractivity contribution in [2.75, 3.05) is 25.5 Å². The quantitative estimate of drug-likeness (QED) is 0.194. The third-order valence-electron chi connectivity index (χ3n) is 4.68. The van der Waals surface area contributed by atoms with Gasteiger partial charge < -0.3 is 20.9 Å². The predicted octanol–water partition coefficient (Wildman–Crippen LogP) is 4.62. The van der Waals surface area contributed by atoms with E-state index in [2.05, 4.69) is 25.9 Å². The summed E-state index contributed by atoms with van der Waals surface area (Å²) in [6.45, 7) is 3.02. The van der Waals surface area contributed by atoms with Gasteiger partial charge in [-0.3, -0.25) is 9.79 Å². The fourth-order valence-corrected chi connectivity index (χ4v) is 3.41. The maximum atomic E-state index is 13.3. The molecule has 0 aliphatic rings. The van der Waals surface area contributed by atoms with Gasteiger partial charge in [0.05, 0.1) is 10.7 Å². The molecule has 0 aliphatic heterocycles. The number of aliphatic imine (C=N–C) groups is 1. The maximum absolute atomic E-state index is 13.3. The number of nitrogens with one attached hydrogen (secondary N) is 4. The van der Waals surface area contributed by atoms with E-state index in [4.69, 9.17) is 11.6 Å². The molecule has 166 valence electrons. The number of carbonyl (C=O) groups excluding carboxylic acids is 1. The number of H-pyrrole nitrogens is 1. The summed E-state index contributed by atoms with van der Waals surface area (Å²) < 4.78 is 13.3. The van der Waals surface area contributed by atoms with Gasteiger partial charge in [0.2, 0.25) is 5.91 Å². The van der Waals surface area contributed by atoms with E-state index in [1.807, 2.05) is 25.3 Å². The fourth-order valence-electron chi connectivity index (χ4n) is 3.13. The average Bonchev–Trinajstić information content (AvgIpc) is 3.11. The van der Waals surface area contributed by atoms with Crippen molar-refractivity contribution in [3.63, 3.8) is 0 Å². The zero-order chi connectivity index (χ0) is 21.5. The fraction of sp³-hybridized carbons (Fsp3) is 0.273. The summed E-state index contributed by atoms with van der Waals surface area (Å²) in [4.78, 5) is 19.4. The Bertz CT molecular complexity index is 1070. The van der Waals surface area contributed by atoms with Crippen LogP contribution in [0.4, 0.5) is 10.1 Å². The molecule has 0 radical (unpaired) electrons. The van der Waals surface area contributed by atoms with E-state index in [0.29, 0.717) is 29.8 Å². The molecule has 2 aromatic carbocycles. The lowest BCUT2D eigenvalue weighted by Crippen LogP contribution is -2.39.